The number of hydrogen-bond acceptors (Lipinski definition) is 3. The third-order valence-electron chi connectivity index (χ3n) is 9.87. The monoisotopic (exact) mass is 648 g/mol. The van der Waals surface area contributed by atoms with Gasteiger partial charge in [0.2, 0.25) is 0 Å². The van der Waals surface area contributed by atoms with E-state index in [9.17, 15) is 0 Å². The summed E-state index contributed by atoms with van der Waals surface area (Å²) < 4.78 is 4.88. The van der Waals surface area contributed by atoms with Gasteiger partial charge in [-0.05, 0) is 78.9 Å². The van der Waals surface area contributed by atoms with E-state index in [1.807, 2.05) is 11.8 Å². The van der Waals surface area contributed by atoms with Gasteiger partial charge in [0, 0.05) is 55.4 Å². The maximum atomic E-state index is 2.48. The summed E-state index contributed by atoms with van der Waals surface area (Å²) in [5.41, 5.74) is 10.9. The summed E-state index contributed by atoms with van der Waals surface area (Å²) in [7, 11) is 2.16. The highest BCUT2D eigenvalue weighted by Gasteiger charge is 2.24. The highest BCUT2D eigenvalue weighted by molar-refractivity contribution is 7.99. The molecule has 0 amide bonds. The Bertz CT molecular complexity index is 2690. The fraction of sp³-hybridized carbons (Fsp3) is 0.0455. The minimum atomic E-state index is 0.839. The lowest BCUT2D eigenvalue weighted by Crippen LogP contribution is -2.23. The molecule has 0 N–H and O–H groups in total. The zero-order valence-corrected chi connectivity index (χ0v) is 27.8. The van der Waals surface area contributed by atoms with Gasteiger partial charge < -0.3 is 18.9 Å². The summed E-state index contributed by atoms with van der Waals surface area (Å²) in [6.45, 7) is 0.839. The van der Waals surface area contributed by atoms with Crippen LogP contribution in [-0.2, 0) is 0 Å². The molecule has 234 valence electrons. The van der Waals surface area contributed by atoms with Crippen LogP contribution in [0.1, 0.15) is 0 Å². The first-order chi connectivity index (χ1) is 24.2. The van der Waals surface area contributed by atoms with E-state index in [-0.39, 0.29) is 0 Å². The van der Waals surface area contributed by atoms with Crippen molar-refractivity contribution in [1.29, 1.82) is 0 Å². The van der Waals surface area contributed by atoms with Crippen LogP contribution in [0.2, 0.25) is 0 Å². The Labute approximate surface area is 289 Å². The first kappa shape index (κ1) is 28.1. The lowest BCUT2D eigenvalue weighted by Gasteiger charge is -2.20. The van der Waals surface area contributed by atoms with Crippen LogP contribution in [-0.4, -0.2) is 22.9 Å². The molecule has 0 atom stereocenters. The van der Waals surface area contributed by atoms with Gasteiger partial charge in [0.1, 0.15) is 0 Å². The van der Waals surface area contributed by atoms with Crippen molar-refractivity contribution in [2.75, 3.05) is 23.5 Å². The molecule has 0 unspecified atom stereocenters. The molecule has 4 nitrogen and oxygen atoms in total. The largest absolute Gasteiger partial charge is 0.355 e. The van der Waals surface area contributed by atoms with Gasteiger partial charge in [0.25, 0.3) is 0 Å². The summed E-state index contributed by atoms with van der Waals surface area (Å²) in [5, 5.41) is 5.05. The summed E-state index contributed by atoms with van der Waals surface area (Å²) in [6, 6.07) is 59.5. The normalized spacial score (nSPS) is 12.9. The molecule has 49 heavy (non-hydrogen) atoms. The van der Waals surface area contributed by atoms with E-state index < -0.39 is 0 Å². The molecule has 0 fully saturated rings. The van der Waals surface area contributed by atoms with Crippen LogP contribution < -0.4 is 9.80 Å². The van der Waals surface area contributed by atoms with Crippen LogP contribution in [0.5, 0.6) is 0 Å². The van der Waals surface area contributed by atoms with E-state index >= 15 is 0 Å². The molecule has 0 radical (unpaired) electrons. The fourth-order valence-corrected chi connectivity index (χ4v) is 8.66. The third kappa shape index (κ3) is 4.39. The van der Waals surface area contributed by atoms with Crippen LogP contribution in [0.15, 0.2) is 174 Å². The van der Waals surface area contributed by atoms with E-state index in [4.69, 9.17) is 0 Å². The van der Waals surface area contributed by atoms with E-state index in [0.717, 1.165) is 12.4 Å². The van der Waals surface area contributed by atoms with Crippen molar-refractivity contribution in [3.8, 4) is 11.4 Å². The van der Waals surface area contributed by atoms with E-state index in [1.165, 1.54) is 76.2 Å². The molecular weight excluding hydrogens is 617 g/mol. The molecule has 0 spiro atoms. The zero-order valence-electron chi connectivity index (χ0n) is 27.0. The first-order valence-electron chi connectivity index (χ1n) is 16.7. The van der Waals surface area contributed by atoms with Crippen molar-refractivity contribution in [2.24, 2.45) is 0 Å². The van der Waals surface area contributed by atoms with Crippen molar-refractivity contribution in [3.63, 3.8) is 0 Å². The van der Waals surface area contributed by atoms with Gasteiger partial charge in [0.05, 0.1) is 40.1 Å². The van der Waals surface area contributed by atoms with Gasteiger partial charge in [-0.15, -0.1) is 0 Å². The summed E-state index contributed by atoms with van der Waals surface area (Å²) >= 11 is 1.82. The molecule has 1 aliphatic rings. The summed E-state index contributed by atoms with van der Waals surface area (Å²) in [5.74, 6) is 0. The predicted molar refractivity (Wildman–Crippen MR) is 208 cm³/mol. The number of anilines is 3. The second-order valence-electron chi connectivity index (χ2n) is 12.7. The molecule has 0 saturated carbocycles. The minimum Gasteiger partial charge on any atom is -0.355 e. The molecule has 0 aliphatic carbocycles. The quantitative estimate of drug-likeness (QED) is 0.185. The van der Waals surface area contributed by atoms with Crippen molar-refractivity contribution in [2.45, 2.75) is 9.79 Å². The second-order valence-corrected chi connectivity index (χ2v) is 13.9. The zero-order chi connectivity index (χ0) is 32.5. The van der Waals surface area contributed by atoms with Crippen LogP contribution in [0, 0.1) is 0 Å². The smallest absolute Gasteiger partial charge is 0.0950 e. The molecule has 1 aliphatic heterocycles. The highest BCUT2D eigenvalue weighted by Crippen LogP contribution is 2.44. The number of fused-ring (bicyclic) bond motifs is 8. The molecule has 9 aromatic rings. The van der Waals surface area contributed by atoms with Crippen molar-refractivity contribution < 1.29 is 0 Å². The fourth-order valence-electron chi connectivity index (χ4n) is 7.75. The van der Waals surface area contributed by atoms with E-state index in [1.54, 1.807) is 0 Å². The predicted octanol–water partition coefficient (Wildman–Crippen LogP) is 11.6. The maximum absolute atomic E-state index is 2.48. The Balaban J connectivity index is 1.16. The number of hydrogen-bond donors (Lipinski definition) is 0. The van der Waals surface area contributed by atoms with Crippen molar-refractivity contribution in [1.82, 2.24) is 9.13 Å². The van der Waals surface area contributed by atoms with Gasteiger partial charge >= 0.3 is 0 Å². The Morgan fingerprint density at radius 1 is 0.449 bits per heavy atom. The lowest BCUT2D eigenvalue weighted by atomic mass is 10.1. The average molecular weight is 649 g/mol. The van der Waals surface area contributed by atoms with Gasteiger partial charge in [-0.1, -0.05) is 96.7 Å². The Morgan fingerprint density at radius 3 is 1.92 bits per heavy atom. The average Bonchev–Trinajstić information content (AvgIpc) is 3.79. The minimum absolute atomic E-state index is 0.839. The number of rotatable bonds is 5. The molecule has 3 heterocycles. The standard InChI is InChI=1S/C44H32N4S/c1-45-29-46(40-22-11-10-21-39(40)45)32-17-12-18-33(27-32)49-34-23-24-35-36-25-26-41-43(44(36)48(42(35)28-34)31-15-6-3-7-16-31)37-19-8-9-20-38(37)47(41)30-13-4-2-5-14-30/h2-28H,29H2,1H3. The number of para-hydroxylation sites is 5. The van der Waals surface area contributed by atoms with Gasteiger partial charge in [-0.3, -0.25) is 0 Å². The maximum Gasteiger partial charge on any atom is 0.0950 e. The second kappa shape index (κ2) is 11.1. The van der Waals surface area contributed by atoms with Gasteiger partial charge in [0.15, 0.2) is 0 Å². The first-order valence-corrected chi connectivity index (χ1v) is 17.5. The highest BCUT2D eigenvalue weighted by atomic mass is 32.2. The summed E-state index contributed by atoms with van der Waals surface area (Å²) in [4.78, 5) is 7.14. The summed E-state index contributed by atoms with van der Waals surface area (Å²) in [6.07, 6.45) is 0. The third-order valence-corrected chi connectivity index (χ3v) is 10.8. The van der Waals surface area contributed by atoms with Crippen LogP contribution in [0.3, 0.4) is 0 Å². The number of nitrogens with zero attached hydrogens (tertiary/aromatic N) is 4. The molecular formula is C44H32N4S. The SMILES string of the molecule is CN1CN(c2cccc(Sc3ccc4c5ccc6c(c7ccccc7n6-c6ccccc6)c5n(-c5ccccc5)c4c3)c2)c2ccccc21. The van der Waals surface area contributed by atoms with Crippen LogP contribution >= 0.6 is 11.8 Å². The number of benzene rings is 7. The van der Waals surface area contributed by atoms with Gasteiger partial charge in [-0.25, -0.2) is 0 Å². The molecule has 5 heteroatoms. The molecule has 0 saturated heterocycles. The van der Waals surface area contributed by atoms with Crippen molar-refractivity contribution >= 4 is 72.4 Å². The Morgan fingerprint density at radius 2 is 1.10 bits per heavy atom. The van der Waals surface area contributed by atoms with Gasteiger partial charge in [-0.2, -0.15) is 0 Å². The Hall–Kier alpha value is -5.91. The van der Waals surface area contributed by atoms with Crippen molar-refractivity contribution in [3.05, 3.63) is 164 Å². The van der Waals surface area contributed by atoms with Crippen LogP contribution in [0.4, 0.5) is 17.1 Å². The molecule has 10 rings (SSSR count). The molecule has 2 aromatic heterocycles. The molecule has 7 aromatic carbocycles. The Kier molecular flexibility index (Phi) is 6.36. The topological polar surface area (TPSA) is 16.3 Å². The molecule has 0 bridgehead atoms. The van der Waals surface area contributed by atoms with Crippen LogP contribution in [0.25, 0.3) is 55.0 Å². The van der Waals surface area contributed by atoms with E-state index in [2.05, 4.69) is 190 Å². The number of aromatic nitrogens is 2. The van der Waals surface area contributed by atoms with E-state index in [0.29, 0.717) is 0 Å². The lowest BCUT2D eigenvalue weighted by molar-refractivity contribution is 0.948.